The molecule has 0 amide bonds. The zero-order chi connectivity index (χ0) is 20.6. The van der Waals surface area contributed by atoms with Crippen molar-refractivity contribution in [3.05, 3.63) is 89.6 Å². The molecule has 0 fully saturated rings. The molecule has 0 N–H and O–H groups in total. The maximum absolute atomic E-state index is 12.7. The monoisotopic (exact) mass is 395 g/mol. The Morgan fingerprint density at radius 2 is 1.83 bits per heavy atom. The molecule has 146 valence electrons. The fourth-order valence-electron chi connectivity index (χ4n) is 3.01. The number of aryl methyl sites for hydroxylation is 1. The Balaban J connectivity index is 1.65. The van der Waals surface area contributed by atoms with Crippen LogP contribution in [-0.2, 0) is 6.18 Å². The van der Waals surface area contributed by atoms with Crippen molar-refractivity contribution in [3.63, 3.8) is 0 Å². The molecule has 0 atom stereocenters. The van der Waals surface area contributed by atoms with Crippen molar-refractivity contribution in [2.24, 2.45) is 0 Å². The quantitative estimate of drug-likeness (QED) is 0.338. The van der Waals surface area contributed by atoms with Gasteiger partial charge < -0.3 is 0 Å². The lowest BCUT2D eigenvalue weighted by molar-refractivity contribution is -0.417. The Bertz CT molecular complexity index is 1120. The molecule has 3 aromatic rings. The maximum Gasteiger partial charge on any atom is 0.414 e. The van der Waals surface area contributed by atoms with Crippen molar-refractivity contribution < 1.29 is 22.2 Å². The summed E-state index contributed by atoms with van der Waals surface area (Å²) in [7, 11) is 0. The van der Waals surface area contributed by atoms with Crippen LogP contribution in [0.1, 0.15) is 16.7 Å². The van der Waals surface area contributed by atoms with Crippen LogP contribution in [0.5, 0.6) is 0 Å². The highest BCUT2D eigenvalue weighted by Gasteiger charge is 2.29. The molecule has 4 rings (SSSR count). The number of aromatic nitrogens is 2. The van der Waals surface area contributed by atoms with E-state index in [1.165, 1.54) is 12.1 Å². The molecule has 1 aliphatic heterocycles. The van der Waals surface area contributed by atoms with Gasteiger partial charge in [-0.05, 0) is 17.2 Å². The van der Waals surface area contributed by atoms with Gasteiger partial charge in [-0.3, -0.25) is 8.99 Å². The minimum Gasteiger partial charge on any atom is -0.256 e. The molecule has 2 aromatic carbocycles. The number of rotatable bonds is 3. The van der Waals surface area contributed by atoms with E-state index in [9.17, 15) is 13.2 Å². The van der Waals surface area contributed by atoms with E-state index < -0.39 is 11.7 Å². The maximum atomic E-state index is 12.7. The largest absolute Gasteiger partial charge is 0.414 e. The normalized spacial score (nSPS) is 13.9. The molecule has 0 aliphatic carbocycles. The van der Waals surface area contributed by atoms with E-state index >= 15 is 0 Å². The second-order valence-electron chi connectivity index (χ2n) is 6.57. The van der Waals surface area contributed by atoms with E-state index in [0.29, 0.717) is 11.1 Å². The van der Waals surface area contributed by atoms with Crippen molar-refractivity contribution in [2.75, 3.05) is 0 Å². The van der Waals surface area contributed by atoms with Gasteiger partial charge in [-0.25, -0.2) is 0 Å². The Morgan fingerprint density at radius 3 is 2.52 bits per heavy atom. The first kappa shape index (κ1) is 18.7. The molecule has 0 bridgehead atoms. The summed E-state index contributed by atoms with van der Waals surface area (Å²) in [5.41, 5.74) is 2.42. The Hall–Kier alpha value is -3.61. The molecule has 0 spiro atoms. The number of alkyl halides is 3. The first-order valence-corrected chi connectivity index (χ1v) is 8.77. The van der Waals surface area contributed by atoms with Gasteiger partial charge >= 0.3 is 18.0 Å². The molecule has 29 heavy (non-hydrogen) atoms. The summed E-state index contributed by atoms with van der Waals surface area (Å²) in [5.74, 6) is 0.440. The summed E-state index contributed by atoms with van der Waals surface area (Å²) in [4.78, 5) is 0. The van der Waals surface area contributed by atoms with E-state index in [0.717, 1.165) is 29.3 Å². The first-order chi connectivity index (χ1) is 13.8. The van der Waals surface area contributed by atoms with Gasteiger partial charge in [0.25, 0.3) is 0 Å². The van der Waals surface area contributed by atoms with Gasteiger partial charge in [0.15, 0.2) is 0 Å². The highest BCUT2D eigenvalue weighted by molar-refractivity contribution is 5.61. The minimum absolute atomic E-state index is 0.155. The fourth-order valence-corrected chi connectivity index (χ4v) is 3.01. The second kappa shape index (κ2) is 7.09. The molecule has 0 saturated carbocycles. The van der Waals surface area contributed by atoms with Gasteiger partial charge in [0, 0.05) is 11.1 Å². The van der Waals surface area contributed by atoms with Crippen molar-refractivity contribution in [1.29, 1.82) is 0 Å². The zero-order valence-electron chi connectivity index (χ0n) is 15.4. The van der Waals surface area contributed by atoms with Crippen LogP contribution in [0.2, 0.25) is 0 Å². The predicted octanol–water partition coefficient (Wildman–Crippen LogP) is 5.41. The van der Waals surface area contributed by atoms with Crippen LogP contribution in [0.25, 0.3) is 22.9 Å². The molecule has 4 nitrogen and oxygen atoms in total. The summed E-state index contributed by atoms with van der Waals surface area (Å²) >= 11 is 0. The van der Waals surface area contributed by atoms with E-state index in [1.807, 2.05) is 49.6 Å². The minimum atomic E-state index is -4.39. The number of allylic oxidation sites excluding steroid dienone is 2. The van der Waals surface area contributed by atoms with Gasteiger partial charge in [0.1, 0.15) is 12.2 Å². The van der Waals surface area contributed by atoms with E-state index in [1.54, 1.807) is 4.58 Å². The molecular formula is C22H16F3N3O. The Morgan fingerprint density at radius 1 is 1.07 bits per heavy atom. The number of hydrogen-bond acceptors (Lipinski definition) is 2. The van der Waals surface area contributed by atoms with Crippen LogP contribution in [0.4, 0.5) is 13.2 Å². The SMILES string of the molecule is C=[N+]1C=CC=C[C-]1c1cc(-c2nn[c-](-c3ccc(C(F)(F)F)cc3)[o+]2)ccc1C. The third kappa shape index (κ3) is 3.71. The van der Waals surface area contributed by atoms with Crippen LogP contribution >= 0.6 is 0 Å². The van der Waals surface area contributed by atoms with Crippen molar-refractivity contribution in [3.8, 4) is 22.9 Å². The lowest BCUT2D eigenvalue weighted by atomic mass is 9.97. The summed E-state index contributed by atoms with van der Waals surface area (Å²) in [6, 6.07) is 11.3. The molecule has 0 radical (unpaired) electrons. The third-order valence-electron chi connectivity index (χ3n) is 4.59. The average molecular weight is 395 g/mol. The van der Waals surface area contributed by atoms with Gasteiger partial charge in [-0.2, -0.15) is 13.2 Å². The fraction of sp³-hybridized carbons (Fsp3) is 0.0909. The predicted molar refractivity (Wildman–Crippen MR) is 103 cm³/mol. The number of hydrogen-bond donors (Lipinski definition) is 0. The summed E-state index contributed by atoms with van der Waals surface area (Å²) in [6.07, 6.45) is 3.25. The average Bonchev–Trinajstić information content (AvgIpc) is 3.19. The highest BCUT2D eigenvalue weighted by atomic mass is 19.4. The summed E-state index contributed by atoms with van der Waals surface area (Å²) in [5, 5.41) is 8.04. The molecule has 2 heterocycles. The topological polar surface area (TPSA) is 40.1 Å². The first-order valence-electron chi connectivity index (χ1n) is 8.77. The van der Waals surface area contributed by atoms with Crippen LogP contribution in [0.15, 0.2) is 71.3 Å². The zero-order valence-corrected chi connectivity index (χ0v) is 15.4. The molecule has 0 saturated heterocycles. The van der Waals surface area contributed by atoms with E-state index in [4.69, 9.17) is 4.42 Å². The van der Waals surface area contributed by atoms with Crippen LogP contribution in [-0.4, -0.2) is 21.5 Å². The Labute approximate surface area is 165 Å². The number of benzene rings is 2. The van der Waals surface area contributed by atoms with Gasteiger partial charge in [0.2, 0.25) is 0 Å². The lowest BCUT2D eigenvalue weighted by Crippen LogP contribution is -2.14. The van der Waals surface area contributed by atoms with Crippen LogP contribution < -0.4 is 0 Å². The third-order valence-corrected chi connectivity index (χ3v) is 4.59. The second-order valence-corrected chi connectivity index (χ2v) is 6.57. The van der Waals surface area contributed by atoms with E-state index in [2.05, 4.69) is 16.9 Å². The smallest absolute Gasteiger partial charge is 0.256 e. The number of nitrogens with zero attached hydrogens (tertiary/aromatic N) is 3. The molecule has 7 heteroatoms. The van der Waals surface area contributed by atoms with Gasteiger partial charge in [0.05, 0.1) is 6.72 Å². The summed E-state index contributed by atoms with van der Waals surface area (Å²) < 4.78 is 45.7. The van der Waals surface area contributed by atoms with Gasteiger partial charge in [-0.1, -0.05) is 48.9 Å². The molecule has 1 aliphatic rings. The Kier molecular flexibility index (Phi) is 4.58. The van der Waals surface area contributed by atoms with Crippen molar-refractivity contribution in [2.45, 2.75) is 13.1 Å². The number of halogens is 3. The standard InChI is InChI=1S/C22H16F3N3O/c1-14-6-7-16(13-18(14)19-5-3-4-12-28(19)2)21-27-26-20(29-21)15-8-10-17(11-9-15)22(23,24)25/h3-13H,2H2,1H3. The van der Waals surface area contributed by atoms with Crippen molar-refractivity contribution in [1.82, 2.24) is 10.2 Å². The molecular weight excluding hydrogens is 379 g/mol. The highest BCUT2D eigenvalue weighted by Crippen LogP contribution is 2.32. The molecule has 1 aromatic heterocycles. The van der Waals surface area contributed by atoms with E-state index in [-0.39, 0.29) is 11.8 Å². The van der Waals surface area contributed by atoms with Crippen LogP contribution in [0.3, 0.4) is 0 Å². The molecule has 0 unspecified atom stereocenters. The van der Waals surface area contributed by atoms with Crippen molar-refractivity contribution >= 4 is 6.72 Å². The van der Waals surface area contributed by atoms with Crippen LogP contribution in [0, 0.1) is 13.0 Å². The van der Waals surface area contributed by atoms with Gasteiger partial charge in [-0.15, -0.1) is 28.4 Å². The lowest BCUT2D eigenvalue weighted by Gasteiger charge is -2.18. The summed E-state index contributed by atoms with van der Waals surface area (Å²) in [6.45, 7) is 5.99.